The van der Waals surface area contributed by atoms with Crippen LogP contribution < -0.4 is 0 Å². The van der Waals surface area contributed by atoms with Gasteiger partial charge < -0.3 is 19.4 Å². The summed E-state index contributed by atoms with van der Waals surface area (Å²) in [6.45, 7) is -1.06. The normalized spacial score (nSPS) is 15.4. The molecule has 0 aromatic carbocycles. The van der Waals surface area contributed by atoms with Crippen LogP contribution in [0.25, 0.3) is 0 Å². The number of hydrogen-bond acceptors (Lipinski definition) is 3. The van der Waals surface area contributed by atoms with Gasteiger partial charge in [-0.05, 0) is 6.58 Å². The van der Waals surface area contributed by atoms with Gasteiger partial charge in [0.25, 0.3) is 0 Å². The third-order valence-corrected chi connectivity index (χ3v) is 1.15. The Labute approximate surface area is 61.8 Å². The van der Waals surface area contributed by atoms with E-state index in [1.807, 2.05) is 0 Å². The standard InChI is InChI=1S/C3H5O5PS/c1-2(3(4)5)8-9(6,7)10/h1H2,(H,4,5)(H2,6,7,10)/i6+2. The monoisotopic (exact) mass is 186 g/mol. The Kier molecular flexibility index (Phi) is 2.98. The summed E-state index contributed by atoms with van der Waals surface area (Å²) in [7, 11) is 0. The Balaban J connectivity index is 4.07. The average molecular weight is 186 g/mol. The summed E-state index contributed by atoms with van der Waals surface area (Å²) in [4.78, 5) is 26.6. The van der Waals surface area contributed by atoms with Crippen molar-refractivity contribution in [3.8, 4) is 0 Å². The largest absolute Gasteiger partial charge is 0.475 e. The molecule has 10 heavy (non-hydrogen) atoms. The number of hydrogen-bond donors (Lipinski definition) is 3. The van der Waals surface area contributed by atoms with Crippen molar-refractivity contribution in [3.63, 3.8) is 0 Å². The number of carbonyl (C=O) groups is 1. The van der Waals surface area contributed by atoms with Gasteiger partial charge in [-0.25, -0.2) is 4.79 Å². The van der Waals surface area contributed by atoms with E-state index < -0.39 is 18.4 Å². The fraction of sp³-hybridized carbons (Fsp3) is 0. The first-order chi connectivity index (χ1) is 4.33. The van der Waals surface area contributed by atoms with Crippen LogP contribution in [-0.2, 0) is 21.1 Å². The van der Waals surface area contributed by atoms with Crippen molar-refractivity contribution in [2.24, 2.45) is 0 Å². The van der Waals surface area contributed by atoms with Gasteiger partial charge in [-0.3, -0.25) is 0 Å². The summed E-state index contributed by atoms with van der Waals surface area (Å²) in [5.41, 5.74) is 0. The van der Waals surface area contributed by atoms with Crippen LogP contribution in [0.4, 0.5) is 0 Å². The summed E-state index contributed by atoms with van der Waals surface area (Å²) in [6, 6.07) is 0. The van der Waals surface area contributed by atoms with Gasteiger partial charge in [0, 0.05) is 11.8 Å². The van der Waals surface area contributed by atoms with E-state index in [2.05, 4.69) is 22.9 Å². The molecule has 0 radical (unpaired) electrons. The summed E-state index contributed by atoms with van der Waals surface area (Å²) in [5.74, 6) is -2.24. The van der Waals surface area contributed by atoms with E-state index in [-0.39, 0.29) is 0 Å². The molecule has 0 aromatic rings. The second-order valence-corrected chi connectivity index (χ2v) is 3.90. The summed E-state index contributed by atoms with van der Waals surface area (Å²) in [5, 5.41) is 8.07. The van der Waals surface area contributed by atoms with Crippen molar-refractivity contribution in [2.45, 2.75) is 0 Å². The lowest BCUT2D eigenvalue weighted by Gasteiger charge is -2.07. The molecule has 0 rings (SSSR count). The van der Waals surface area contributed by atoms with Gasteiger partial charge in [-0.2, -0.15) is 0 Å². The van der Waals surface area contributed by atoms with Gasteiger partial charge in [0.05, 0.1) is 0 Å². The molecule has 0 amide bonds. The van der Waals surface area contributed by atoms with Crippen LogP contribution in [0.5, 0.6) is 0 Å². The Morgan fingerprint density at radius 3 is 2.30 bits per heavy atom. The molecule has 1 unspecified atom stereocenters. The van der Waals surface area contributed by atoms with Crippen LogP contribution in [0.3, 0.4) is 0 Å². The molecule has 0 bridgehead atoms. The Morgan fingerprint density at radius 2 is 2.20 bits per heavy atom. The zero-order valence-electron chi connectivity index (χ0n) is 4.72. The van der Waals surface area contributed by atoms with Crippen molar-refractivity contribution in [1.29, 1.82) is 0 Å². The number of rotatable bonds is 3. The van der Waals surface area contributed by atoms with Crippen LogP contribution >= 0.6 is 6.72 Å². The molecule has 0 heterocycles. The summed E-state index contributed by atoms with van der Waals surface area (Å²) >= 11 is 3.96. The highest BCUT2D eigenvalue weighted by Gasteiger charge is 2.15. The Bertz CT molecular complexity index is 205. The predicted octanol–water partition coefficient (Wildman–Crippen LogP) is -0.190. The second kappa shape index (κ2) is 3.12. The lowest BCUT2D eigenvalue weighted by molar-refractivity contribution is -0.135. The van der Waals surface area contributed by atoms with E-state index in [0.717, 1.165) is 0 Å². The van der Waals surface area contributed by atoms with Crippen molar-refractivity contribution in [3.05, 3.63) is 12.3 Å². The van der Waals surface area contributed by atoms with E-state index in [1.54, 1.807) is 0 Å². The highest BCUT2D eigenvalue weighted by Crippen LogP contribution is 2.38. The average Bonchev–Trinajstić information content (AvgIpc) is 1.60. The molecule has 0 aliphatic rings. The molecule has 58 valence electrons. The van der Waals surface area contributed by atoms with Gasteiger partial charge in [-0.1, -0.05) is 0 Å². The number of carboxylic acid groups (broad SMARTS) is 1. The fourth-order valence-corrected chi connectivity index (χ4v) is 0.818. The minimum atomic E-state index is -3.92. The topological polar surface area (TPSA) is 87.0 Å². The van der Waals surface area contributed by atoms with E-state index >= 15 is 0 Å². The maximum atomic E-state index is 9.90. The fourth-order valence-electron chi connectivity index (χ4n) is 0.183. The third-order valence-electron chi connectivity index (χ3n) is 0.468. The molecule has 1 atom stereocenters. The SMILES string of the molecule is C=C(OP(O)([18OH])=S)C(=O)O. The van der Waals surface area contributed by atoms with Gasteiger partial charge in [0.2, 0.25) is 5.76 Å². The molecule has 5 nitrogen and oxygen atoms in total. The maximum Gasteiger partial charge on any atom is 0.375 e. The highest BCUT2D eigenvalue weighted by atomic mass is 32.5. The molecule has 0 fully saturated rings. The summed E-state index contributed by atoms with van der Waals surface area (Å²) in [6.07, 6.45) is 0. The molecular formula is C3H5O5PS. The third kappa shape index (κ3) is 4.46. The quantitative estimate of drug-likeness (QED) is 0.245. The van der Waals surface area contributed by atoms with E-state index in [0.29, 0.717) is 0 Å². The van der Waals surface area contributed by atoms with Gasteiger partial charge >= 0.3 is 12.7 Å². The molecule has 0 spiro atoms. The first-order valence-electron chi connectivity index (χ1n) is 2.00. The predicted molar refractivity (Wildman–Crippen MR) is 36.6 cm³/mol. The molecule has 0 aliphatic heterocycles. The number of carboxylic acids is 1. The van der Waals surface area contributed by atoms with E-state index in [9.17, 15) is 4.79 Å². The van der Waals surface area contributed by atoms with Gasteiger partial charge in [0.1, 0.15) is 0 Å². The van der Waals surface area contributed by atoms with Crippen molar-refractivity contribution in [1.82, 2.24) is 0 Å². The molecule has 0 aromatic heterocycles. The Hall–Kier alpha value is -0.420. The first-order valence-corrected chi connectivity index (χ1v) is 4.63. The molecule has 3 N–H and O–H groups in total. The second-order valence-electron chi connectivity index (χ2n) is 1.31. The van der Waals surface area contributed by atoms with Crippen LogP contribution in [-0.4, -0.2) is 20.9 Å². The van der Waals surface area contributed by atoms with E-state index in [4.69, 9.17) is 14.9 Å². The summed E-state index contributed by atoms with van der Waals surface area (Å²) < 4.78 is 3.94. The molecule has 7 heteroatoms. The lowest BCUT2D eigenvalue weighted by atomic mass is 10.6. The minimum absolute atomic E-state index is 0.770. The minimum Gasteiger partial charge on any atom is -0.475 e. The van der Waals surface area contributed by atoms with Gasteiger partial charge in [-0.15, -0.1) is 0 Å². The first kappa shape index (κ1) is 9.58. The van der Waals surface area contributed by atoms with Crippen LogP contribution in [0.2, 0.25) is 0 Å². The maximum absolute atomic E-state index is 9.90. The highest BCUT2D eigenvalue weighted by molar-refractivity contribution is 8.06. The molecule has 0 saturated carbocycles. The lowest BCUT2D eigenvalue weighted by Crippen LogP contribution is -2.01. The van der Waals surface area contributed by atoms with Crippen LogP contribution in [0.15, 0.2) is 12.3 Å². The molecular weight excluding hydrogens is 181 g/mol. The molecule has 0 aliphatic carbocycles. The van der Waals surface area contributed by atoms with Gasteiger partial charge in [0.15, 0.2) is 0 Å². The number of aliphatic carboxylic acids is 1. The van der Waals surface area contributed by atoms with Crippen LogP contribution in [0, 0.1) is 0 Å². The zero-order valence-corrected chi connectivity index (χ0v) is 6.43. The van der Waals surface area contributed by atoms with Crippen molar-refractivity contribution < 1.29 is 24.2 Å². The smallest absolute Gasteiger partial charge is 0.375 e. The Morgan fingerprint density at radius 1 is 1.80 bits per heavy atom. The molecule has 0 saturated heterocycles. The van der Waals surface area contributed by atoms with E-state index in [1.165, 1.54) is 0 Å². The van der Waals surface area contributed by atoms with Crippen LogP contribution in [0.1, 0.15) is 0 Å². The van der Waals surface area contributed by atoms with Crippen molar-refractivity contribution >= 4 is 24.5 Å². The van der Waals surface area contributed by atoms with Crippen molar-refractivity contribution in [2.75, 3.05) is 0 Å². The zero-order chi connectivity index (χ0) is 8.36.